The fraction of sp³-hybridized carbons (Fsp3) is 0.0769. The van der Waals surface area contributed by atoms with Gasteiger partial charge in [-0.1, -0.05) is 29.3 Å². The minimum absolute atomic E-state index is 0.00119. The van der Waals surface area contributed by atoms with Crippen LogP contribution in [-0.4, -0.2) is 0 Å². The molecular weight excluding hydrogens is 281 g/mol. The zero-order valence-corrected chi connectivity index (χ0v) is 10.6. The largest absolute Gasteiger partial charge is 0.486 e. The highest BCUT2D eigenvalue weighted by Gasteiger charge is 2.09. The van der Waals surface area contributed by atoms with Gasteiger partial charge in [0, 0.05) is 10.6 Å². The van der Waals surface area contributed by atoms with Gasteiger partial charge in [-0.15, -0.1) is 0 Å². The molecule has 5 heteroatoms. The first-order valence-electron chi connectivity index (χ1n) is 5.08. The van der Waals surface area contributed by atoms with E-state index in [0.717, 1.165) is 6.07 Å². The lowest BCUT2D eigenvalue weighted by atomic mass is 10.2. The third-order valence-corrected chi connectivity index (χ3v) is 2.92. The molecule has 2 aromatic carbocycles. The Balaban J connectivity index is 2.16. The highest BCUT2D eigenvalue weighted by atomic mass is 35.5. The van der Waals surface area contributed by atoms with Gasteiger partial charge in [0.05, 0.1) is 5.02 Å². The summed E-state index contributed by atoms with van der Waals surface area (Å²) in [6.45, 7) is -0.149. The molecule has 0 unspecified atom stereocenters. The Morgan fingerprint density at radius 2 is 1.78 bits per heavy atom. The maximum absolute atomic E-state index is 13.4. The van der Waals surface area contributed by atoms with Crippen molar-refractivity contribution in [1.29, 1.82) is 0 Å². The van der Waals surface area contributed by atoms with Crippen LogP contribution in [0.15, 0.2) is 36.4 Å². The van der Waals surface area contributed by atoms with Crippen molar-refractivity contribution in [3.05, 3.63) is 63.6 Å². The van der Waals surface area contributed by atoms with Crippen LogP contribution in [-0.2, 0) is 6.61 Å². The van der Waals surface area contributed by atoms with E-state index in [9.17, 15) is 8.78 Å². The van der Waals surface area contributed by atoms with Crippen LogP contribution >= 0.6 is 23.2 Å². The van der Waals surface area contributed by atoms with Gasteiger partial charge >= 0.3 is 0 Å². The summed E-state index contributed by atoms with van der Waals surface area (Å²) < 4.78 is 32.0. The van der Waals surface area contributed by atoms with E-state index >= 15 is 0 Å². The second-order valence-electron chi connectivity index (χ2n) is 3.56. The Kier molecular flexibility index (Phi) is 4.04. The van der Waals surface area contributed by atoms with E-state index in [1.807, 2.05) is 0 Å². The van der Waals surface area contributed by atoms with E-state index in [-0.39, 0.29) is 28.0 Å². The van der Waals surface area contributed by atoms with E-state index in [0.29, 0.717) is 0 Å². The topological polar surface area (TPSA) is 9.23 Å². The average molecular weight is 289 g/mol. The quantitative estimate of drug-likeness (QED) is 0.784. The molecule has 0 saturated carbocycles. The van der Waals surface area contributed by atoms with Crippen molar-refractivity contribution in [3.63, 3.8) is 0 Å². The smallest absolute Gasteiger partial charge is 0.166 e. The van der Waals surface area contributed by atoms with Gasteiger partial charge in [-0.25, -0.2) is 8.78 Å². The van der Waals surface area contributed by atoms with Crippen molar-refractivity contribution >= 4 is 23.2 Å². The summed E-state index contributed by atoms with van der Waals surface area (Å²) in [6, 6.07) is 8.30. The zero-order valence-electron chi connectivity index (χ0n) is 9.09. The normalized spacial score (nSPS) is 10.4. The van der Waals surface area contributed by atoms with Crippen molar-refractivity contribution in [2.45, 2.75) is 6.61 Å². The molecule has 0 saturated heterocycles. The van der Waals surface area contributed by atoms with Crippen LogP contribution in [0.1, 0.15) is 5.56 Å². The van der Waals surface area contributed by atoms with Crippen molar-refractivity contribution in [2.75, 3.05) is 0 Å². The number of hydrogen-bond acceptors (Lipinski definition) is 1. The molecule has 94 valence electrons. The van der Waals surface area contributed by atoms with Crippen LogP contribution < -0.4 is 4.74 Å². The van der Waals surface area contributed by atoms with E-state index in [1.165, 1.54) is 24.3 Å². The zero-order chi connectivity index (χ0) is 13.1. The van der Waals surface area contributed by atoms with Gasteiger partial charge in [0.25, 0.3) is 0 Å². The highest BCUT2D eigenvalue weighted by molar-refractivity contribution is 6.31. The van der Waals surface area contributed by atoms with Gasteiger partial charge in [0.2, 0.25) is 0 Å². The van der Waals surface area contributed by atoms with Crippen molar-refractivity contribution in [1.82, 2.24) is 0 Å². The lowest BCUT2D eigenvalue weighted by Gasteiger charge is -2.09. The molecule has 0 aliphatic heterocycles. The Hall–Kier alpha value is -1.32. The summed E-state index contributed by atoms with van der Waals surface area (Å²) >= 11 is 11.4. The maximum atomic E-state index is 13.4. The molecule has 0 aliphatic carbocycles. The van der Waals surface area contributed by atoms with Gasteiger partial charge < -0.3 is 4.74 Å². The monoisotopic (exact) mass is 288 g/mol. The van der Waals surface area contributed by atoms with E-state index in [2.05, 4.69) is 0 Å². The minimum Gasteiger partial charge on any atom is -0.486 e. The lowest BCUT2D eigenvalue weighted by Crippen LogP contribution is -2.00. The molecule has 18 heavy (non-hydrogen) atoms. The number of hydrogen-bond donors (Lipinski definition) is 0. The Morgan fingerprint density at radius 3 is 2.44 bits per heavy atom. The molecular formula is C13H8Cl2F2O. The minimum atomic E-state index is -0.602. The third-order valence-electron chi connectivity index (χ3n) is 2.33. The highest BCUT2D eigenvalue weighted by Crippen LogP contribution is 2.24. The van der Waals surface area contributed by atoms with Crippen LogP contribution in [0.3, 0.4) is 0 Å². The fourth-order valence-electron chi connectivity index (χ4n) is 1.41. The van der Waals surface area contributed by atoms with Crippen LogP contribution in [0, 0.1) is 11.6 Å². The number of benzene rings is 2. The lowest BCUT2D eigenvalue weighted by molar-refractivity contribution is 0.285. The summed E-state index contributed by atoms with van der Waals surface area (Å²) in [6.07, 6.45) is 0. The van der Waals surface area contributed by atoms with Crippen molar-refractivity contribution in [2.24, 2.45) is 0 Å². The molecule has 0 heterocycles. The molecule has 0 amide bonds. The molecule has 0 aliphatic rings. The first kappa shape index (κ1) is 13.1. The van der Waals surface area contributed by atoms with Gasteiger partial charge in [-0.3, -0.25) is 0 Å². The predicted octanol–water partition coefficient (Wildman–Crippen LogP) is 4.85. The van der Waals surface area contributed by atoms with Gasteiger partial charge in [0.1, 0.15) is 12.4 Å². The molecule has 0 radical (unpaired) electrons. The molecule has 2 aromatic rings. The number of ether oxygens (including phenoxy) is 1. The van der Waals surface area contributed by atoms with Crippen molar-refractivity contribution < 1.29 is 13.5 Å². The van der Waals surface area contributed by atoms with Crippen molar-refractivity contribution in [3.8, 4) is 5.75 Å². The van der Waals surface area contributed by atoms with Crippen LogP contribution in [0.2, 0.25) is 10.0 Å². The summed E-state index contributed by atoms with van der Waals surface area (Å²) in [4.78, 5) is 0. The Bertz CT molecular complexity index is 553. The van der Waals surface area contributed by atoms with Gasteiger partial charge in [-0.2, -0.15) is 0 Å². The first-order valence-corrected chi connectivity index (χ1v) is 5.84. The second kappa shape index (κ2) is 5.55. The fourth-order valence-corrected chi connectivity index (χ4v) is 1.79. The summed E-state index contributed by atoms with van der Waals surface area (Å²) in [7, 11) is 0. The summed E-state index contributed by atoms with van der Waals surface area (Å²) in [5, 5.41) is 0.508. The van der Waals surface area contributed by atoms with Crippen LogP contribution in [0.4, 0.5) is 8.78 Å². The van der Waals surface area contributed by atoms with E-state index in [1.54, 1.807) is 6.07 Å². The SMILES string of the molecule is Fc1cc(Cl)ccc1OCc1c(F)cccc1Cl. The summed E-state index contributed by atoms with van der Waals surface area (Å²) in [5.41, 5.74) is 0.188. The third kappa shape index (κ3) is 2.92. The molecule has 2 rings (SSSR count). The van der Waals surface area contributed by atoms with Crippen LogP contribution in [0.5, 0.6) is 5.75 Å². The van der Waals surface area contributed by atoms with Crippen LogP contribution in [0.25, 0.3) is 0 Å². The molecule has 1 nitrogen and oxygen atoms in total. The Morgan fingerprint density at radius 1 is 1.00 bits per heavy atom. The standard InChI is InChI=1S/C13H8Cl2F2O/c14-8-4-5-13(12(17)6-8)18-7-9-10(15)2-1-3-11(9)16/h1-6H,7H2. The molecule has 0 atom stereocenters. The van der Waals surface area contributed by atoms with Gasteiger partial charge in [-0.05, 0) is 30.3 Å². The maximum Gasteiger partial charge on any atom is 0.166 e. The number of rotatable bonds is 3. The van der Waals surface area contributed by atoms with Gasteiger partial charge in [0.15, 0.2) is 11.6 Å². The molecule has 0 spiro atoms. The molecule has 0 fully saturated rings. The molecule has 0 bridgehead atoms. The Labute approximate surface area is 113 Å². The average Bonchev–Trinajstić information content (AvgIpc) is 2.31. The predicted molar refractivity (Wildman–Crippen MR) is 67.2 cm³/mol. The van der Waals surface area contributed by atoms with E-state index < -0.39 is 11.6 Å². The molecule has 0 aromatic heterocycles. The van der Waals surface area contributed by atoms with E-state index in [4.69, 9.17) is 27.9 Å². The second-order valence-corrected chi connectivity index (χ2v) is 4.41. The molecule has 0 N–H and O–H groups in total. The number of halogens is 4. The summed E-state index contributed by atoms with van der Waals surface area (Å²) in [5.74, 6) is -1.09. The first-order chi connectivity index (χ1) is 8.58.